The lowest BCUT2D eigenvalue weighted by Crippen LogP contribution is -2.20. The van der Waals surface area contributed by atoms with Gasteiger partial charge in [0, 0.05) is 28.7 Å². The van der Waals surface area contributed by atoms with Gasteiger partial charge in [0.2, 0.25) is 0 Å². The van der Waals surface area contributed by atoms with Crippen molar-refractivity contribution < 1.29 is 9.53 Å². The van der Waals surface area contributed by atoms with Crippen molar-refractivity contribution in [1.82, 2.24) is 9.38 Å². The average molecular weight is 378 g/mol. The Hall–Kier alpha value is -3.31. The number of amides is 1. The Morgan fingerprint density at radius 1 is 1.07 bits per heavy atom. The molecule has 0 aliphatic rings. The van der Waals surface area contributed by atoms with Crippen molar-refractivity contribution in [2.75, 3.05) is 11.9 Å². The van der Waals surface area contributed by atoms with E-state index in [1.54, 1.807) is 24.3 Å². The summed E-state index contributed by atoms with van der Waals surface area (Å²) < 4.78 is 7.42. The van der Waals surface area contributed by atoms with Gasteiger partial charge in [-0.15, -0.1) is 0 Å². The highest BCUT2D eigenvalue weighted by atomic mass is 35.5. The highest BCUT2D eigenvalue weighted by Crippen LogP contribution is 2.22. The van der Waals surface area contributed by atoms with Crippen molar-refractivity contribution in [3.8, 4) is 17.0 Å². The molecule has 0 radical (unpaired) electrons. The molecule has 2 aromatic heterocycles. The molecule has 0 aliphatic heterocycles. The van der Waals surface area contributed by atoms with Gasteiger partial charge in [-0.25, -0.2) is 4.98 Å². The van der Waals surface area contributed by atoms with E-state index in [-0.39, 0.29) is 12.5 Å². The van der Waals surface area contributed by atoms with E-state index in [9.17, 15) is 4.79 Å². The molecule has 134 valence electrons. The Morgan fingerprint density at radius 2 is 1.93 bits per heavy atom. The summed E-state index contributed by atoms with van der Waals surface area (Å²) in [6, 6.07) is 20.3. The van der Waals surface area contributed by atoms with Gasteiger partial charge in [-0.3, -0.25) is 4.79 Å². The van der Waals surface area contributed by atoms with E-state index in [4.69, 9.17) is 16.3 Å². The zero-order valence-electron chi connectivity index (χ0n) is 14.3. The van der Waals surface area contributed by atoms with E-state index in [0.717, 1.165) is 16.9 Å². The summed E-state index contributed by atoms with van der Waals surface area (Å²) in [6.45, 7) is -0.0831. The summed E-state index contributed by atoms with van der Waals surface area (Å²) in [5.41, 5.74) is 3.33. The summed E-state index contributed by atoms with van der Waals surface area (Å²) in [4.78, 5) is 16.8. The number of pyridine rings is 1. The molecule has 0 unspecified atom stereocenters. The van der Waals surface area contributed by atoms with E-state index in [1.165, 1.54) is 0 Å². The van der Waals surface area contributed by atoms with Crippen LogP contribution in [-0.4, -0.2) is 21.9 Å². The molecule has 27 heavy (non-hydrogen) atoms. The molecule has 0 spiro atoms. The third kappa shape index (κ3) is 4.10. The van der Waals surface area contributed by atoms with Crippen molar-refractivity contribution in [1.29, 1.82) is 0 Å². The number of carbonyl (C=O) groups excluding carboxylic acids is 1. The molecule has 0 atom stereocenters. The molecule has 4 rings (SSSR count). The molecule has 0 saturated heterocycles. The lowest BCUT2D eigenvalue weighted by Gasteiger charge is -2.08. The topological polar surface area (TPSA) is 55.6 Å². The summed E-state index contributed by atoms with van der Waals surface area (Å²) in [7, 11) is 0. The van der Waals surface area contributed by atoms with Crippen molar-refractivity contribution >= 4 is 28.8 Å². The average Bonchev–Trinajstić information content (AvgIpc) is 3.12. The van der Waals surface area contributed by atoms with Crippen LogP contribution in [0.2, 0.25) is 5.02 Å². The number of hydrogen-bond donors (Lipinski definition) is 1. The predicted octanol–water partition coefficient (Wildman–Crippen LogP) is 4.67. The number of benzene rings is 2. The number of aromatic nitrogens is 2. The molecule has 5 nitrogen and oxygen atoms in total. The molecule has 0 bridgehead atoms. The number of fused-ring (bicyclic) bond motifs is 1. The Bertz CT molecular complexity index is 1060. The number of imidazole rings is 1. The molecule has 0 aliphatic carbocycles. The molecule has 1 amide bonds. The maximum Gasteiger partial charge on any atom is 0.262 e. The molecule has 4 aromatic rings. The monoisotopic (exact) mass is 377 g/mol. The number of rotatable bonds is 5. The minimum atomic E-state index is -0.239. The molecular weight excluding hydrogens is 362 g/mol. The van der Waals surface area contributed by atoms with Crippen LogP contribution < -0.4 is 10.1 Å². The minimum Gasteiger partial charge on any atom is -0.484 e. The zero-order valence-corrected chi connectivity index (χ0v) is 15.1. The number of hydrogen-bond acceptors (Lipinski definition) is 3. The van der Waals surface area contributed by atoms with Crippen molar-refractivity contribution in [3.05, 3.63) is 84.1 Å². The number of nitrogens with zero attached hydrogens (tertiary/aromatic N) is 2. The number of anilines is 1. The van der Waals surface area contributed by atoms with Crippen LogP contribution in [0.4, 0.5) is 5.69 Å². The van der Waals surface area contributed by atoms with E-state index in [0.29, 0.717) is 16.5 Å². The first-order valence-electron chi connectivity index (χ1n) is 8.40. The van der Waals surface area contributed by atoms with Crippen LogP contribution in [-0.2, 0) is 4.79 Å². The highest BCUT2D eigenvalue weighted by Gasteiger charge is 2.07. The summed E-state index contributed by atoms with van der Waals surface area (Å²) in [5, 5.41) is 3.46. The Kier molecular flexibility index (Phi) is 4.77. The van der Waals surface area contributed by atoms with Crippen LogP contribution in [0.25, 0.3) is 16.9 Å². The van der Waals surface area contributed by atoms with Gasteiger partial charge >= 0.3 is 0 Å². The first-order chi connectivity index (χ1) is 13.2. The predicted molar refractivity (Wildman–Crippen MR) is 106 cm³/mol. The molecular formula is C21H16ClN3O2. The molecule has 2 aromatic carbocycles. The lowest BCUT2D eigenvalue weighted by atomic mass is 10.1. The molecule has 0 saturated carbocycles. The first-order valence-corrected chi connectivity index (χ1v) is 8.77. The van der Waals surface area contributed by atoms with Crippen LogP contribution >= 0.6 is 11.6 Å². The van der Waals surface area contributed by atoms with Crippen molar-refractivity contribution in [2.24, 2.45) is 0 Å². The van der Waals surface area contributed by atoms with Crippen LogP contribution in [0, 0.1) is 0 Å². The fourth-order valence-electron chi connectivity index (χ4n) is 2.71. The van der Waals surface area contributed by atoms with Gasteiger partial charge in [-0.1, -0.05) is 29.8 Å². The molecule has 6 heteroatoms. The second-order valence-corrected chi connectivity index (χ2v) is 6.40. The Morgan fingerprint density at radius 3 is 2.74 bits per heavy atom. The van der Waals surface area contributed by atoms with E-state index < -0.39 is 0 Å². The fourth-order valence-corrected chi connectivity index (χ4v) is 2.83. The smallest absolute Gasteiger partial charge is 0.262 e. The quantitative estimate of drug-likeness (QED) is 0.549. The number of ether oxygens (including phenoxy) is 1. The maximum atomic E-state index is 12.2. The standard InChI is InChI=1S/C21H16ClN3O2/c22-16-7-9-18(10-8-16)27-14-21(26)23-17-5-3-4-15(12-17)19-13-25-11-2-1-6-20(25)24-19/h1-13H,14H2,(H,23,26). The summed E-state index contributed by atoms with van der Waals surface area (Å²) >= 11 is 5.83. The van der Waals surface area contributed by atoms with E-state index >= 15 is 0 Å². The summed E-state index contributed by atoms with van der Waals surface area (Å²) in [5.74, 6) is 0.352. The highest BCUT2D eigenvalue weighted by molar-refractivity contribution is 6.30. The van der Waals surface area contributed by atoms with Crippen molar-refractivity contribution in [2.45, 2.75) is 0 Å². The number of halogens is 1. The second-order valence-electron chi connectivity index (χ2n) is 5.96. The van der Waals surface area contributed by atoms with Gasteiger partial charge in [-0.2, -0.15) is 0 Å². The maximum absolute atomic E-state index is 12.2. The lowest BCUT2D eigenvalue weighted by molar-refractivity contribution is -0.118. The van der Waals surface area contributed by atoms with Gasteiger partial charge in [0.1, 0.15) is 11.4 Å². The number of nitrogens with one attached hydrogen (secondary N) is 1. The third-order valence-corrected chi connectivity index (χ3v) is 4.24. The first kappa shape index (κ1) is 17.1. The fraction of sp³-hybridized carbons (Fsp3) is 0.0476. The Balaban J connectivity index is 1.44. The van der Waals surface area contributed by atoms with Gasteiger partial charge in [0.25, 0.3) is 5.91 Å². The van der Waals surface area contributed by atoms with Gasteiger partial charge in [0.15, 0.2) is 6.61 Å². The number of carbonyl (C=O) groups is 1. The molecule has 1 N–H and O–H groups in total. The third-order valence-electron chi connectivity index (χ3n) is 3.99. The van der Waals surface area contributed by atoms with Crippen LogP contribution in [0.5, 0.6) is 5.75 Å². The van der Waals surface area contributed by atoms with E-state index in [1.807, 2.05) is 59.3 Å². The molecule has 0 fully saturated rings. The van der Waals surface area contributed by atoms with Crippen LogP contribution in [0.1, 0.15) is 0 Å². The van der Waals surface area contributed by atoms with Crippen molar-refractivity contribution in [3.63, 3.8) is 0 Å². The van der Waals surface area contributed by atoms with Crippen LogP contribution in [0.3, 0.4) is 0 Å². The van der Waals surface area contributed by atoms with Crippen LogP contribution in [0.15, 0.2) is 79.1 Å². The second kappa shape index (κ2) is 7.51. The Labute approximate surface area is 161 Å². The largest absolute Gasteiger partial charge is 0.484 e. The van der Waals surface area contributed by atoms with Gasteiger partial charge in [-0.05, 0) is 48.5 Å². The van der Waals surface area contributed by atoms with E-state index in [2.05, 4.69) is 10.3 Å². The normalized spacial score (nSPS) is 10.7. The molecule has 2 heterocycles. The summed E-state index contributed by atoms with van der Waals surface area (Å²) in [6.07, 6.45) is 3.91. The zero-order chi connectivity index (χ0) is 18.6. The van der Waals surface area contributed by atoms with Gasteiger partial charge in [0.05, 0.1) is 5.69 Å². The van der Waals surface area contributed by atoms with Gasteiger partial charge < -0.3 is 14.5 Å². The SMILES string of the molecule is O=C(COc1ccc(Cl)cc1)Nc1cccc(-c2cn3ccccc3n2)c1. The minimum absolute atomic E-state index is 0.0831.